The second-order valence-corrected chi connectivity index (χ2v) is 4.04. The van der Waals surface area contributed by atoms with Crippen LogP contribution in [0.3, 0.4) is 0 Å². The van der Waals surface area contributed by atoms with E-state index in [1.54, 1.807) is 0 Å². The minimum absolute atomic E-state index is 0.0437. The summed E-state index contributed by atoms with van der Waals surface area (Å²) in [7, 11) is 0. The SMILES string of the molecule is CC#CCC(N)c1cccc(I)c1. The van der Waals surface area contributed by atoms with Crippen LogP contribution in [0.25, 0.3) is 0 Å². The van der Waals surface area contributed by atoms with Crippen LogP contribution in [0.15, 0.2) is 24.3 Å². The van der Waals surface area contributed by atoms with Gasteiger partial charge in [0.05, 0.1) is 0 Å². The van der Waals surface area contributed by atoms with Crippen LogP contribution in [0.2, 0.25) is 0 Å². The van der Waals surface area contributed by atoms with Crippen LogP contribution >= 0.6 is 22.6 Å². The van der Waals surface area contributed by atoms with E-state index in [9.17, 15) is 0 Å². The number of hydrogen-bond donors (Lipinski definition) is 1. The molecular weight excluding hydrogens is 273 g/mol. The molecule has 0 spiro atoms. The number of hydrogen-bond acceptors (Lipinski definition) is 1. The van der Waals surface area contributed by atoms with Gasteiger partial charge in [-0.2, -0.15) is 0 Å². The Labute approximate surface area is 92.9 Å². The van der Waals surface area contributed by atoms with Gasteiger partial charge in [0.15, 0.2) is 0 Å². The molecule has 1 unspecified atom stereocenters. The number of benzene rings is 1. The van der Waals surface area contributed by atoms with E-state index in [1.807, 2.05) is 19.1 Å². The van der Waals surface area contributed by atoms with E-state index in [4.69, 9.17) is 5.73 Å². The van der Waals surface area contributed by atoms with E-state index < -0.39 is 0 Å². The van der Waals surface area contributed by atoms with E-state index in [1.165, 1.54) is 3.57 Å². The predicted molar refractivity (Wildman–Crippen MR) is 64.2 cm³/mol. The molecule has 0 heterocycles. The molecule has 0 saturated heterocycles. The molecule has 0 bridgehead atoms. The summed E-state index contributed by atoms with van der Waals surface area (Å²) in [5.41, 5.74) is 7.11. The molecule has 1 aromatic carbocycles. The van der Waals surface area contributed by atoms with Crippen molar-refractivity contribution in [1.29, 1.82) is 0 Å². The van der Waals surface area contributed by atoms with Gasteiger partial charge in [0, 0.05) is 16.0 Å². The van der Waals surface area contributed by atoms with Crippen molar-refractivity contribution in [2.45, 2.75) is 19.4 Å². The smallest absolute Gasteiger partial charge is 0.0406 e. The van der Waals surface area contributed by atoms with Gasteiger partial charge in [-0.05, 0) is 47.2 Å². The van der Waals surface area contributed by atoms with Gasteiger partial charge < -0.3 is 5.73 Å². The van der Waals surface area contributed by atoms with Gasteiger partial charge in [-0.3, -0.25) is 0 Å². The lowest BCUT2D eigenvalue weighted by molar-refractivity contribution is 0.753. The summed E-state index contributed by atoms with van der Waals surface area (Å²) in [5, 5.41) is 0. The maximum atomic E-state index is 5.94. The first kappa shape index (κ1) is 10.6. The molecule has 1 nitrogen and oxygen atoms in total. The Morgan fingerprint density at radius 3 is 2.92 bits per heavy atom. The lowest BCUT2D eigenvalue weighted by atomic mass is 10.1. The van der Waals surface area contributed by atoms with E-state index in [2.05, 4.69) is 46.6 Å². The summed E-state index contributed by atoms with van der Waals surface area (Å²) < 4.78 is 1.22. The zero-order valence-electron chi connectivity index (χ0n) is 7.55. The fourth-order valence-corrected chi connectivity index (χ4v) is 1.63. The van der Waals surface area contributed by atoms with Crippen molar-refractivity contribution < 1.29 is 0 Å². The van der Waals surface area contributed by atoms with Crippen LogP contribution in [0.1, 0.15) is 24.9 Å². The lowest BCUT2D eigenvalue weighted by Gasteiger charge is -2.08. The molecule has 0 amide bonds. The Morgan fingerprint density at radius 2 is 2.31 bits per heavy atom. The number of rotatable bonds is 2. The van der Waals surface area contributed by atoms with E-state index in [-0.39, 0.29) is 6.04 Å². The lowest BCUT2D eigenvalue weighted by Crippen LogP contribution is -2.09. The minimum Gasteiger partial charge on any atom is -0.323 e. The third-order valence-corrected chi connectivity index (χ3v) is 2.45. The molecule has 2 N–H and O–H groups in total. The van der Waals surface area contributed by atoms with Crippen LogP contribution in [0.5, 0.6) is 0 Å². The average molecular weight is 285 g/mol. The molecule has 1 rings (SSSR count). The minimum atomic E-state index is 0.0437. The van der Waals surface area contributed by atoms with Gasteiger partial charge in [0.1, 0.15) is 0 Å². The first-order valence-electron chi connectivity index (χ1n) is 4.14. The summed E-state index contributed by atoms with van der Waals surface area (Å²) in [6.45, 7) is 1.83. The van der Waals surface area contributed by atoms with Crippen LogP contribution < -0.4 is 5.73 Å². The molecule has 1 aromatic rings. The standard InChI is InChI=1S/C11H12IN/c1-2-3-7-11(13)9-5-4-6-10(12)8-9/h4-6,8,11H,7,13H2,1H3. The Kier molecular flexibility index (Phi) is 4.26. The zero-order valence-corrected chi connectivity index (χ0v) is 9.71. The molecule has 0 aliphatic heterocycles. The average Bonchev–Trinajstić information content (AvgIpc) is 2.14. The molecule has 0 aliphatic carbocycles. The molecule has 13 heavy (non-hydrogen) atoms. The quantitative estimate of drug-likeness (QED) is 0.656. The van der Waals surface area contributed by atoms with Gasteiger partial charge in [-0.15, -0.1) is 11.8 Å². The fourth-order valence-electron chi connectivity index (χ4n) is 1.07. The molecule has 2 heteroatoms. The predicted octanol–water partition coefficient (Wildman–Crippen LogP) is 2.70. The highest BCUT2D eigenvalue weighted by molar-refractivity contribution is 14.1. The van der Waals surface area contributed by atoms with E-state index >= 15 is 0 Å². The van der Waals surface area contributed by atoms with Crippen LogP contribution in [-0.2, 0) is 0 Å². The molecule has 0 aromatic heterocycles. The maximum Gasteiger partial charge on any atom is 0.0406 e. The highest BCUT2D eigenvalue weighted by Gasteiger charge is 2.03. The van der Waals surface area contributed by atoms with Gasteiger partial charge in [-0.1, -0.05) is 12.1 Å². The Balaban J connectivity index is 2.74. The molecule has 0 saturated carbocycles. The molecule has 0 radical (unpaired) electrons. The van der Waals surface area contributed by atoms with Crippen LogP contribution in [0.4, 0.5) is 0 Å². The van der Waals surface area contributed by atoms with Crippen molar-refractivity contribution >= 4 is 22.6 Å². The summed E-state index contributed by atoms with van der Waals surface area (Å²) in [6.07, 6.45) is 0.733. The van der Waals surface area contributed by atoms with Crippen molar-refractivity contribution in [2.24, 2.45) is 5.73 Å². The largest absolute Gasteiger partial charge is 0.323 e. The summed E-state index contributed by atoms with van der Waals surface area (Å²) in [6, 6.07) is 8.27. The summed E-state index contributed by atoms with van der Waals surface area (Å²) in [4.78, 5) is 0. The van der Waals surface area contributed by atoms with Gasteiger partial charge >= 0.3 is 0 Å². The molecule has 0 fully saturated rings. The first-order valence-corrected chi connectivity index (χ1v) is 5.22. The highest BCUT2D eigenvalue weighted by atomic mass is 127. The topological polar surface area (TPSA) is 26.0 Å². The Hall–Kier alpha value is -0.530. The normalized spacial score (nSPS) is 11.6. The number of halogens is 1. The third-order valence-electron chi connectivity index (χ3n) is 1.78. The zero-order chi connectivity index (χ0) is 9.68. The van der Waals surface area contributed by atoms with E-state index in [0.29, 0.717) is 0 Å². The summed E-state index contributed by atoms with van der Waals surface area (Å²) in [5.74, 6) is 5.84. The van der Waals surface area contributed by atoms with Crippen molar-refractivity contribution in [3.8, 4) is 11.8 Å². The van der Waals surface area contributed by atoms with Crippen LogP contribution in [0, 0.1) is 15.4 Å². The highest BCUT2D eigenvalue weighted by Crippen LogP contribution is 2.15. The van der Waals surface area contributed by atoms with E-state index in [0.717, 1.165) is 12.0 Å². The first-order chi connectivity index (χ1) is 6.24. The van der Waals surface area contributed by atoms with Gasteiger partial charge in [0.2, 0.25) is 0 Å². The third kappa shape index (κ3) is 3.37. The Bertz CT molecular complexity index is 335. The van der Waals surface area contributed by atoms with Crippen molar-refractivity contribution in [1.82, 2.24) is 0 Å². The molecule has 1 atom stereocenters. The van der Waals surface area contributed by atoms with Gasteiger partial charge in [-0.25, -0.2) is 0 Å². The molecule has 68 valence electrons. The summed E-state index contributed by atoms with van der Waals surface area (Å²) >= 11 is 2.28. The fraction of sp³-hybridized carbons (Fsp3) is 0.273. The van der Waals surface area contributed by atoms with Crippen LogP contribution in [-0.4, -0.2) is 0 Å². The second kappa shape index (κ2) is 5.25. The molecule has 0 aliphatic rings. The van der Waals surface area contributed by atoms with Gasteiger partial charge in [0.25, 0.3) is 0 Å². The number of nitrogens with two attached hydrogens (primary N) is 1. The van der Waals surface area contributed by atoms with Crippen molar-refractivity contribution in [2.75, 3.05) is 0 Å². The second-order valence-electron chi connectivity index (χ2n) is 2.79. The van der Waals surface area contributed by atoms with Crippen molar-refractivity contribution in [3.63, 3.8) is 0 Å². The monoisotopic (exact) mass is 285 g/mol. The Morgan fingerprint density at radius 1 is 1.54 bits per heavy atom. The maximum absolute atomic E-state index is 5.94. The molecular formula is C11H12IN. The van der Waals surface area contributed by atoms with Crippen molar-refractivity contribution in [3.05, 3.63) is 33.4 Å².